The highest BCUT2D eigenvalue weighted by atomic mass is 79.9. The molecule has 0 aliphatic rings. The Labute approximate surface area is 81.9 Å². The van der Waals surface area contributed by atoms with E-state index in [1.807, 2.05) is 32.9 Å². The molecule has 68 valence electrons. The molecule has 0 heterocycles. The summed E-state index contributed by atoms with van der Waals surface area (Å²) in [6, 6.07) is 5.54. The van der Waals surface area contributed by atoms with Crippen LogP contribution >= 0.6 is 15.9 Å². The molecule has 1 aromatic carbocycles. The highest BCUT2D eigenvalue weighted by Crippen LogP contribution is 2.19. The van der Waals surface area contributed by atoms with Crippen LogP contribution in [-0.2, 0) is 6.67 Å². The SMILES string of the molecule is CC.Cc1c(Br)cccc1CF. The first-order chi connectivity index (χ1) is 5.75. The molecule has 0 atom stereocenters. The molecule has 0 aromatic heterocycles. The maximum atomic E-state index is 12.1. The lowest BCUT2D eigenvalue weighted by Crippen LogP contribution is -1.84. The van der Waals surface area contributed by atoms with Crippen LogP contribution in [0.2, 0.25) is 0 Å². The lowest BCUT2D eigenvalue weighted by atomic mass is 10.1. The van der Waals surface area contributed by atoms with E-state index < -0.39 is 0 Å². The summed E-state index contributed by atoms with van der Waals surface area (Å²) in [6.07, 6.45) is 0. The molecular formula is C10H14BrF. The molecule has 1 rings (SSSR count). The first-order valence-corrected chi connectivity index (χ1v) is 4.85. The maximum Gasteiger partial charge on any atom is 0.115 e. The molecule has 0 unspecified atom stereocenters. The Balaban J connectivity index is 0.000000561. The average Bonchev–Trinajstić information content (AvgIpc) is 2.13. The van der Waals surface area contributed by atoms with E-state index in [0.29, 0.717) is 0 Å². The van der Waals surface area contributed by atoms with Crippen LogP contribution in [0.3, 0.4) is 0 Å². The normalized spacial score (nSPS) is 8.75. The zero-order valence-electron chi connectivity index (χ0n) is 7.70. The van der Waals surface area contributed by atoms with Crippen molar-refractivity contribution in [1.29, 1.82) is 0 Å². The summed E-state index contributed by atoms with van der Waals surface area (Å²) in [4.78, 5) is 0. The number of alkyl halides is 1. The zero-order valence-corrected chi connectivity index (χ0v) is 9.28. The van der Waals surface area contributed by atoms with Crippen LogP contribution in [-0.4, -0.2) is 0 Å². The van der Waals surface area contributed by atoms with Gasteiger partial charge in [-0.2, -0.15) is 0 Å². The largest absolute Gasteiger partial charge is 0.246 e. The predicted octanol–water partition coefficient (Wildman–Crippen LogP) is 4.25. The first kappa shape index (κ1) is 11.6. The van der Waals surface area contributed by atoms with E-state index in [4.69, 9.17) is 0 Å². The van der Waals surface area contributed by atoms with E-state index in [1.54, 1.807) is 6.07 Å². The van der Waals surface area contributed by atoms with Crippen molar-refractivity contribution in [2.24, 2.45) is 0 Å². The summed E-state index contributed by atoms with van der Waals surface area (Å²) in [6.45, 7) is 5.52. The summed E-state index contributed by atoms with van der Waals surface area (Å²) in [7, 11) is 0. The van der Waals surface area contributed by atoms with Crippen LogP contribution in [0.4, 0.5) is 4.39 Å². The Kier molecular flexibility index (Phi) is 5.99. The van der Waals surface area contributed by atoms with Crippen molar-refractivity contribution in [2.75, 3.05) is 0 Å². The highest BCUT2D eigenvalue weighted by molar-refractivity contribution is 9.10. The topological polar surface area (TPSA) is 0 Å². The second-order valence-electron chi connectivity index (χ2n) is 2.16. The molecule has 0 amide bonds. The third kappa shape index (κ3) is 2.94. The molecule has 0 bridgehead atoms. The molecule has 0 spiro atoms. The Morgan fingerprint density at radius 2 is 1.92 bits per heavy atom. The number of hydrogen-bond acceptors (Lipinski definition) is 0. The molecule has 0 saturated carbocycles. The van der Waals surface area contributed by atoms with Crippen LogP contribution in [0.25, 0.3) is 0 Å². The number of rotatable bonds is 1. The van der Waals surface area contributed by atoms with E-state index in [0.717, 1.165) is 15.6 Å². The maximum absolute atomic E-state index is 12.1. The summed E-state index contributed by atoms with van der Waals surface area (Å²) in [5, 5.41) is 0. The second-order valence-corrected chi connectivity index (χ2v) is 3.01. The smallest absolute Gasteiger partial charge is 0.115 e. The van der Waals surface area contributed by atoms with Crippen LogP contribution in [0.15, 0.2) is 22.7 Å². The van der Waals surface area contributed by atoms with Crippen molar-refractivity contribution in [3.8, 4) is 0 Å². The van der Waals surface area contributed by atoms with E-state index in [9.17, 15) is 4.39 Å². The highest BCUT2D eigenvalue weighted by Gasteiger charge is 1.98. The van der Waals surface area contributed by atoms with Crippen LogP contribution in [0.1, 0.15) is 25.0 Å². The van der Waals surface area contributed by atoms with Crippen molar-refractivity contribution in [3.63, 3.8) is 0 Å². The summed E-state index contributed by atoms with van der Waals surface area (Å²) < 4.78 is 13.1. The predicted molar refractivity (Wildman–Crippen MR) is 55.0 cm³/mol. The molecule has 0 aliphatic heterocycles. The minimum absolute atomic E-state index is 0.384. The van der Waals surface area contributed by atoms with Crippen LogP contribution < -0.4 is 0 Å². The Morgan fingerprint density at radius 3 is 2.33 bits per heavy atom. The Hall–Kier alpha value is -0.370. The van der Waals surface area contributed by atoms with E-state index in [-0.39, 0.29) is 6.67 Å². The van der Waals surface area contributed by atoms with Gasteiger partial charge < -0.3 is 0 Å². The molecule has 0 aliphatic carbocycles. The Bertz CT molecular complexity index is 233. The third-order valence-electron chi connectivity index (χ3n) is 1.52. The molecule has 0 N–H and O–H groups in total. The van der Waals surface area contributed by atoms with Gasteiger partial charge in [-0.3, -0.25) is 0 Å². The molecule has 0 radical (unpaired) electrons. The van der Waals surface area contributed by atoms with Crippen molar-refractivity contribution < 1.29 is 4.39 Å². The van der Waals surface area contributed by atoms with E-state index in [1.165, 1.54) is 0 Å². The third-order valence-corrected chi connectivity index (χ3v) is 2.38. The zero-order chi connectivity index (χ0) is 9.56. The van der Waals surface area contributed by atoms with E-state index in [2.05, 4.69) is 15.9 Å². The molecule has 1 aromatic rings. The van der Waals surface area contributed by atoms with Gasteiger partial charge in [0.1, 0.15) is 6.67 Å². The van der Waals surface area contributed by atoms with Crippen molar-refractivity contribution in [1.82, 2.24) is 0 Å². The number of halogens is 2. The van der Waals surface area contributed by atoms with Gasteiger partial charge in [-0.1, -0.05) is 41.9 Å². The van der Waals surface area contributed by atoms with Gasteiger partial charge in [0.15, 0.2) is 0 Å². The van der Waals surface area contributed by atoms with Crippen molar-refractivity contribution in [3.05, 3.63) is 33.8 Å². The standard InChI is InChI=1S/C8H8BrF.C2H6/c1-6-7(5-10)3-2-4-8(6)9;1-2/h2-4H,5H2,1H3;1-2H3. The lowest BCUT2D eigenvalue weighted by Gasteiger charge is -2.01. The number of benzene rings is 1. The molecule has 0 nitrogen and oxygen atoms in total. The molecule has 12 heavy (non-hydrogen) atoms. The fraction of sp³-hybridized carbons (Fsp3) is 0.400. The van der Waals surface area contributed by atoms with Gasteiger partial charge >= 0.3 is 0 Å². The van der Waals surface area contributed by atoms with Crippen LogP contribution in [0.5, 0.6) is 0 Å². The van der Waals surface area contributed by atoms with Gasteiger partial charge in [-0.05, 0) is 24.1 Å². The first-order valence-electron chi connectivity index (χ1n) is 4.05. The van der Waals surface area contributed by atoms with Gasteiger partial charge in [0.05, 0.1) is 0 Å². The average molecular weight is 233 g/mol. The number of hydrogen-bond donors (Lipinski definition) is 0. The van der Waals surface area contributed by atoms with Gasteiger partial charge in [0, 0.05) is 4.47 Å². The minimum atomic E-state index is -0.384. The Morgan fingerprint density at radius 1 is 1.33 bits per heavy atom. The monoisotopic (exact) mass is 232 g/mol. The molecular weight excluding hydrogens is 219 g/mol. The van der Waals surface area contributed by atoms with Crippen molar-refractivity contribution >= 4 is 15.9 Å². The van der Waals surface area contributed by atoms with Gasteiger partial charge in [-0.25, -0.2) is 4.39 Å². The van der Waals surface area contributed by atoms with Gasteiger partial charge in [-0.15, -0.1) is 0 Å². The van der Waals surface area contributed by atoms with E-state index >= 15 is 0 Å². The fourth-order valence-electron chi connectivity index (χ4n) is 0.797. The summed E-state index contributed by atoms with van der Waals surface area (Å²) in [5.41, 5.74) is 1.75. The molecule has 0 fully saturated rings. The van der Waals surface area contributed by atoms with Gasteiger partial charge in [0.25, 0.3) is 0 Å². The van der Waals surface area contributed by atoms with Gasteiger partial charge in [0.2, 0.25) is 0 Å². The minimum Gasteiger partial charge on any atom is -0.246 e. The lowest BCUT2D eigenvalue weighted by molar-refractivity contribution is 0.483. The fourth-order valence-corrected chi connectivity index (χ4v) is 1.20. The molecule has 2 heteroatoms. The summed E-state index contributed by atoms with van der Waals surface area (Å²) >= 11 is 3.32. The second kappa shape index (κ2) is 6.18. The molecule has 0 saturated heterocycles. The van der Waals surface area contributed by atoms with Crippen molar-refractivity contribution in [2.45, 2.75) is 27.4 Å². The van der Waals surface area contributed by atoms with Crippen LogP contribution in [0, 0.1) is 6.92 Å². The summed E-state index contributed by atoms with van der Waals surface area (Å²) in [5.74, 6) is 0. The quantitative estimate of drug-likeness (QED) is 0.680.